The third-order valence-corrected chi connectivity index (χ3v) is 3.05. The van der Waals surface area contributed by atoms with Crippen molar-refractivity contribution in [3.8, 4) is 5.75 Å². The van der Waals surface area contributed by atoms with Gasteiger partial charge < -0.3 is 15.4 Å². The van der Waals surface area contributed by atoms with E-state index in [1.165, 1.54) is 0 Å². The molecule has 0 aliphatic heterocycles. The van der Waals surface area contributed by atoms with Crippen LogP contribution in [0.1, 0.15) is 16.8 Å². The molecule has 0 unspecified atom stereocenters. The van der Waals surface area contributed by atoms with Gasteiger partial charge in [-0.3, -0.25) is 9.59 Å². The molecule has 0 saturated carbocycles. The van der Waals surface area contributed by atoms with Gasteiger partial charge in [-0.1, -0.05) is 30.3 Å². The molecule has 114 valence electrons. The van der Waals surface area contributed by atoms with Crippen LogP contribution < -0.4 is 15.4 Å². The summed E-state index contributed by atoms with van der Waals surface area (Å²) in [4.78, 5) is 23.7. The van der Waals surface area contributed by atoms with Crippen LogP contribution in [0.3, 0.4) is 0 Å². The predicted octanol–water partition coefficient (Wildman–Crippen LogP) is 2.45. The zero-order chi connectivity index (χ0) is 15.8. The van der Waals surface area contributed by atoms with E-state index in [4.69, 9.17) is 4.74 Å². The number of benzene rings is 2. The van der Waals surface area contributed by atoms with E-state index in [1.807, 2.05) is 18.2 Å². The molecule has 0 aliphatic rings. The first-order chi connectivity index (χ1) is 10.7. The number of hydrogen-bond acceptors (Lipinski definition) is 3. The average Bonchev–Trinajstić information content (AvgIpc) is 2.56. The number of methoxy groups -OCH3 is 1. The monoisotopic (exact) mass is 298 g/mol. The molecule has 2 N–H and O–H groups in total. The van der Waals surface area contributed by atoms with E-state index < -0.39 is 0 Å². The van der Waals surface area contributed by atoms with Gasteiger partial charge in [0.15, 0.2) is 0 Å². The fourth-order valence-electron chi connectivity index (χ4n) is 1.94. The minimum atomic E-state index is -0.189. The summed E-state index contributed by atoms with van der Waals surface area (Å²) in [5.74, 6) is 0.229. The molecule has 2 amide bonds. The van der Waals surface area contributed by atoms with Gasteiger partial charge in [-0.05, 0) is 24.3 Å². The normalized spacial score (nSPS) is 9.86. The Morgan fingerprint density at radius 3 is 2.41 bits per heavy atom. The SMILES string of the molecule is COc1ccccc1NC(=O)CCNC(=O)c1ccccc1. The smallest absolute Gasteiger partial charge is 0.251 e. The number of para-hydroxylation sites is 2. The number of nitrogens with one attached hydrogen (secondary N) is 2. The second-order valence-corrected chi connectivity index (χ2v) is 4.62. The highest BCUT2D eigenvalue weighted by Crippen LogP contribution is 2.22. The minimum Gasteiger partial charge on any atom is -0.495 e. The maximum Gasteiger partial charge on any atom is 0.251 e. The first-order valence-corrected chi connectivity index (χ1v) is 6.97. The molecule has 2 aromatic rings. The quantitative estimate of drug-likeness (QED) is 0.861. The molecule has 0 heterocycles. The summed E-state index contributed by atoms with van der Waals surface area (Å²) >= 11 is 0. The molecule has 0 radical (unpaired) electrons. The largest absolute Gasteiger partial charge is 0.495 e. The molecule has 0 fully saturated rings. The van der Waals surface area contributed by atoms with E-state index in [0.29, 0.717) is 17.0 Å². The number of amides is 2. The molecule has 0 bridgehead atoms. The second-order valence-electron chi connectivity index (χ2n) is 4.62. The van der Waals surface area contributed by atoms with Crippen molar-refractivity contribution >= 4 is 17.5 Å². The highest BCUT2D eigenvalue weighted by molar-refractivity contribution is 5.95. The fourth-order valence-corrected chi connectivity index (χ4v) is 1.94. The summed E-state index contributed by atoms with van der Waals surface area (Å²) in [6.07, 6.45) is 0.191. The molecule has 0 saturated heterocycles. The zero-order valence-corrected chi connectivity index (χ0v) is 12.3. The molecule has 0 atom stereocenters. The molecule has 5 nitrogen and oxygen atoms in total. The zero-order valence-electron chi connectivity index (χ0n) is 12.3. The lowest BCUT2D eigenvalue weighted by atomic mass is 10.2. The summed E-state index contributed by atoms with van der Waals surface area (Å²) in [6.45, 7) is 0.273. The Morgan fingerprint density at radius 1 is 1.00 bits per heavy atom. The van der Waals surface area contributed by atoms with E-state index in [-0.39, 0.29) is 24.8 Å². The third-order valence-electron chi connectivity index (χ3n) is 3.05. The molecule has 2 rings (SSSR count). The van der Waals surface area contributed by atoms with Gasteiger partial charge in [-0.2, -0.15) is 0 Å². The van der Waals surface area contributed by atoms with Crippen molar-refractivity contribution in [1.82, 2.24) is 5.32 Å². The Hall–Kier alpha value is -2.82. The summed E-state index contributed by atoms with van der Waals surface area (Å²) in [6, 6.07) is 16.1. The lowest BCUT2D eigenvalue weighted by Crippen LogP contribution is -2.27. The Balaban J connectivity index is 1.80. The van der Waals surface area contributed by atoms with Gasteiger partial charge in [0.2, 0.25) is 5.91 Å². The van der Waals surface area contributed by atoms with Crippen molar-refractivity contribution < 1.29 is 14.3 Å². The van der Waals surface area contributed by atoms with Gasteiger partial charge in [0.25, 0.3) is 5.91 Å². The van der Waals surface area contributed by atoms with Crippen LogP contribution in [0, 0.1) is 0 Å². The van der Waals surface area contributed by atoms with E-state index in [9.17, 15) is 9.59 Å². The maximum atomic E-state index is 11.9. The number of hydrogen-bond donors (Lipinski definition) is 2. The summed E-state index contributed by atoms with van der Waals surface area (Å²) < 4.78 is 5.16. The van der Waals surface area contributed by atoms with Crippen LogP contribution in [0.5, 0.6) is 5.75 Å². The Labute approximate surface area is 129 Å². The van der Waals surface area contributed by atoms with Crippen molar-refractivity contribution in [2.75, 3.05) is 19.0 Å². The summed E-state index contributed by atoms with van der Waals surface area (Å²) in [5.41, 5.74) is 1.19. The highest BCUT2D eigenvalue weighted by Gasteiger charge is 2.08. The van der Waals surface area contributed by atoms with Crippen LogP contribution >= 0.6 is 0 Å². The van der Waals surface area contributed by atoms with Gasteiger partial charge in [-0.25, -0.2) is 0 Å². The first kappa shape index (κ1) is 15.6. The molecule has 0 spiro atoms. The van der Waals surface area contributed by atoms with Crippen LogP contribution in [0.25, 0.3) is 0 Å². The topological polar surface area (TPSA) is 67.4 Å². The highest BCUT2D eigenvalue weighted by atomic mass is 16.5. The first-order valence-electron chi connectivity index (χ1n) is 6.97. The molecule has 5 heteroatoms. The van der Waals surface area contributed by atoms with E-state index in [1.54, 1.807) is 43.5 Å². The standard InChI is InChI=1S/C17H18N2O3/c1-22-15-10-6-5-9-14(15)19-16(20)11-12-18-17(21)13-7-3-2-4-8-13/h2-10H,11-12H2,1H3,(H,18,21)(H,19,20). The van der Waals surface area contributed by atoms with Gasteiger partial charge in [0.1, 0.15) is 5.75 Å². The molecule has 0 aromatic heterocycles. The molecular weight excluding hydrogens is 280 g/mol. The van der Waals surface area contributed by atoms with Gasteiger partial charge >= 0.3 is 0 Å². The van der Waals surface area contributed by atoms with Gasteiger partial charge in [0, 0.05) is 18.5 Å². The van der Waals surface area contributed by atoms with Crippen LogP contribution in [0.2, 0.25) is 0 Å². The van der Waals surface area contributed by atoms with E-state index in [2.05, 4.69) is 10.6 Å². The van der Waals surface area contributed by atoms with E-state index >= 15 is 0 Å². The van der Waals surface area contributed by atoms with Crippen LogP contribution in [0.15, 0.2) is 54.6 Å². The van der Waals surface area contributed by atoms with E-state index in [0.717, 1.165) is 0 Å². The summed E-state index contributed by atoms with van der Waals surface area (Å²) in [7, 11) is 1.55. The van der Waals surface area contributed by atoms with Crippen molar-refractivity contribution in [3.05, 3.63) is 60.2 Å². The number of rotatable bonds is 6. The van der Waals surface area contributed by atoms with Crippen LogP contribution in [-0.2, 0) is 4.79 Å². The maximum absolute atomic E-state index is 11.9. The van der Waals surface area contributed by atoms with Crippen molar-refractivity contribution in [2.45, 2.75) is 6.42 Å². The Bertz CT molecular complexity index is 641. The molecule has 2 aromatic carbocycles. The minimum absolute atomic E-state index is 0.183. The van der Waals surface area contributed by atoms with Crippen molar-refractivity contribution in [3.63, 3.8) is 0 Å². The number of carbonyl (C=O) groups excluding carboxylic acids is 2. The second kappa shape index (κ2) is 7.83. The average molecular weight is 298 g/mol. The van der Waals surface area contributed by atoms with Crippen molar-refractivity contribution in [2.24, 2.45) is 0 Å². The van der Waals surface area contributed by atoms with Crippen molar-refractivity contribution in [1.29, 1.82) is 0 Å². The summed E-state index contributed by atoms with van der Waals surface area (Å²) in [5, 5.41) is 5.47. The number of ether oxygens (including phenoxy) is 1. The van der Waals surface area contributed by atoms with Gasteiger partial charge in [0.05, 0.1) is 12.8 Å². The van der Waals surface area contributed by atoms with Crippen LogP contribution in [-0.4, -0.2) is 25.5 Å². The Kier molecular flexibility index (Phi) is 5.54. The van der Waals surface area contributed by atoms with Crippen LogP contribution in [0.4, 0.5) is 5.69 Å². The lowest BCUT2D eigenvalue weighted by Gasteiger charge is -2.10. The van der Waals surface area contributed by atoms with Gasteiger partial charge in [-0.15, -0.1) is 0 Å². The molecular formula is C17H18N2O3. The Morgan fingerprint density at radius 2 is 1.68 bits per heavy atom. The third kappa shape index (κ3) is 4.34. The number of carbonyl (C=O) groups is 2. The molecule has 22 heavy (non-hydrogen) atoms. The predicted molar refractivity (Wildman–Crippen MR) is 85.0 cm³/mol. The fraction of sp³-hybridized carbons (Fsp3) is 0.176. The number of anilines is 1. The lowest BCUT2D eigenvalue weighted by molar-refractivity contribution is -0.116. The molecule has 0 aliphatic carbocycles.